The van der Waals surface area contributed by atoms with E-state index in [2.05, 4.69) is 74.1 Å². The van der Waals surface area contributed by atoms with Crippen molar-refractivity contribution < 1.29 is 0 Å². The summed E-state index contributed by atoms with van der Waals surface area (Å²) in [6.45, 7) is 26.9. The maximum Gasteiger partial charge on any atom is 0.0158 e. The van der Waals surface area contributed by atoms with E-state index in [1.165, 1.54) is 51.6 Å². The minimum atomic E-state index is 0.328. The Balaban J connectivity index is 2.67. The van der Waals surface area contributed by atoms with Gasteiger partial charge in [-0.1, -0.05) is 68.2 Å². The van der Waals surface area contributed by atoms with Gasteiger partial charge >= 0.3 is 0 Å². The SMILES string of the molecule is CCC(C)(CC)CC(C)(C)C1CCN(C(C)(C)CC(C)(C)C)CC1. The molecule has 1 aliphatic heterocycles. The van der Waals surface area contributed by atoms with E-state index >= 15 is 0 Å². The third kappa shape index (κ3) is 6.04. The molecule has 1 heterocycles. The maximum atomic E-state index is 2.77. The number of likely N-dealkylation sites (tertiary alicyclic amines) is 1. The summed E-state index contributed by atoms with van der Waals surface area (Å²) < 4.78 is 0. The quantitative estimate of drug-likeness (QED) is 0.476. The van der Waals surface area contributed by atoms with Gasteiger partial charge in [0.05, 0.1) is 0 Å². The number of rotatable bonds is 7. The van der Waals surface area contributed by atoms with Gasteiger partial charge in [-0.3, -0.25) is 4.90 Å². The molecule has 0 N–H and O–H groups in total. The molecular formula is C23H47N. The molecule has 0 amide bonds. The fourth-order valence-electron chi connectivity index (χ4n) is 5.42. The van der Waals surface area contributed by atoms with Crippen molar-refractivity contribution in [1.82, 2.24) is 4.90 Å². The van der Waals surface area contributed by atoms with Gasteiger partial charge in [-0.2, -0.15) is 0 Å². The Morgan fingerprint density at radius 1 is 0.750 bits per heavy atom. The van der Waals surface area contributed by atoms with Crippen molar-refractivity contribution in [3.63, 3.8) is 0 Å². The average Bonchev–Trinajstić information content (AvgIpc) is 2.44. The second kappa shape index (κ2) is 7.68. The summed E-state index contributed by atoms with van der Waals surface area (Å²) >= 11 is 0. The number of piperidine rings is 1. The summed E-state index contributed by atoms with van der Waals surface area (Å²) in [5, 5.41) is 0. The zero-order chi connectivity index (χ0) is 18.8. The van der Waals surface area contributed by atoms with Crippen molar-refractivity contribution in [2.24, 2.45) is 22.2 Å². The Hall–Kier alpha value is -0.0400. The summed E-state index contributed by atoms with van der Waals surface area (Å²) in [7, 11) is 0. The molecule has 0 aliphatic carbocycles. The van der Waals surface area contributed by atoms with Gasteiger partial charge in [0.15, 0.2) is 0 Å². The molecule has 1 fully saturated rings. The molecule has 0 unspecified atom stereocenters. The van der Waals surface area contributed by atoms with Gasteiger partial charge in [-0.15, -0.1) is 0 Å². The molecule has 0 aromatic rings. The molecule has 0 aromatic heterocycles. The summed E-state index contributed by atoms with van der Waals surface area (Å²) in [5.74, 6) is 0.886. The topological polar surface area (TPSA) is 3.24 Å². The van der Waals surface area contributed by atoms with E-state index in [9.17, 15) is 0 Å². The fraction of sp³-hybridized carbons (Fsp3) is 1.00. The summed E-state index contributed by atoms with van der Waals surface area (Å²) in [5.41, 5.74) is 1.73. The molecule has 1 nitrogen and oxygen atoms in total. The molecule has 0 aromatic carbocycles. The predicted molar refractivity (Wildman–Crippen MR) is 110 cm³/mol. The lowest BCUT2D eigenvalue weighted by Crippen LogP contribution is -2.51. The first-order valence-corrected chi connectivity index (χ1v) is 10.5. The number of hydrogen-bond donors (Lipinski definition) is 0. The maximum absolute atomic E-state index is 2.77. The van der Waals surface area contributed by atoms with Crippen LogP contribution < -0.4 is 0 Å². The van der Waals surface area contributed by atoms with Crippen LogP contribution in [0.5, 0.6) is 0 Å². The second-order valence-electron chi connectivity index (χ2n) is 11.5. The molecule has 1 aliphatic rings. The fourth-order valence-corrected chi connectivity index (χ4v) is 5.42. The standard InChI is InChI=1S/C23H47N/c1-11-23(10,12-2)18-21(6,7)19-13-15-24(16-14-19)22(8,9)17-20(3,4)5/h19H,11-18H2,1-10H3. The normalized spacial score (nSPS) is 19.8. The Labute approximate surface area is 154 Å². The van der Waals surface area contributed by atoms with E-state index in [-0.39, 0.29) is 0 Å². The van der Waals surface area contributed by atoms with Crippen LogP contribution in [0.25, 0.3) is 0 Å². The highest BCUT2D eigenvalue weighted by Gasteiger charge is 2.40. The Bertz CT molecular complexity index is 373. The van der Waals surface area contributed by atoms with Crippen molar-refractivity contribution in [3.05, 3.63) is 0 Å². The minimum absolute atomic E-state index is 0.328. The van der Waals surface area contributed by atoms with Crippen LogP contribution in [0.15, 0.2) is 0 Å². The lowest BCUT2D eigenvalue weighted by atomic mass is 9.63. The van der Waals surface area contributed by atoms with E-state index < -0.39 is 0 Å². The van der Waals surface area contributed by atoms with Crippen LogP contribution in [0.1, 0.15) is 108 Å². The first-order chi connectivity index (χ1) is 10.7. The highest BCUT2D eigenvalue weighted by atomic mass is 15.2. The summed E-state index contributed by atoms with van der Waals surface area (Å²) in [4.78, 5) is 2.77. The third-order valence-corrected chi connectivity index (χ3v) is 7.01. The number of nitrogens with zero attached hydrogens (tertiary/aromatic N) is 1. The lowest BCUT2D eigenvalue weighted by Gasteiger charge is -2.49. The van der Waals surface area contributed by atoms with E-state index in [1.54, 1.807) is 0 Å². The molecule has 1 rings (SSSR count). The zero-order valence-corrected chi connectivity index (χ0v) is 18.7. The van der Waals surface area contributed by atoms with Crippen LogP contribution in [0.4, 0.5) is 0 Å². The highest BCUT2D eigenvalue weighted by Crippen LogP contribution is 2.47. The van der Waals surface area contributed by atoms with E-state index in [4.69, 9.17) is 0 Å². The first kappa shape index (κ1) is 22.0. The Kier molecular flexibility index (Phi) is 7.04. The van der Waals surface area contributed by atoms with E-state index in [0.717, 1.165) is 5.92 Å². The molecule has 1 saturated heterocycles. The van der Waals surface area contributed by atoms with Crippen LogP contribution in [0.2, 0.25) is 0 Å². The van der Waals surface area contributed by atoms with Crippen molar-refractivity contribution >= 4 is 0 Å². The molecule has 24 heavy (non-hydrogen) atoms. The van der Waals surface area contributed by atoms with Gasteiger partial charge in [0, 0.05) is 5.54 Å². The Morgan fingerprint density at radius 3 is 1.58 bits per heavy atom. The first-order valence-electron chi connectivity index (χ1n) is 10.5. The minimum Gasteiger partial charge on any atom is -0.298 e. The van der Waals surface area contributed by atoms with Crippen LogP contribution in [-0.4, -0.2) is 23.5 Å². The molecule has 0 radical (unpaired) electrons. The highest BCUT2D eigenvalue weighted by molar-refractivity contribution is 4.93. The molecular weight excluding hydrogens is 290 g/mol. The molecule has 0 atom stereocenters. The van der Waals surface area contributed by atoms with E-state index in [1.807, 2.05) is 0 Å². The van der Waals surface area contributed by atoms with Crippen LogP contribution >= 0.6 is 0 Å². The van der Waals surface area contributed by atoms with E-state index in [0.29, 0.717) is 21.8 Å². The number of hydrogen-bond acceptors (Lipinski definition) is 1. The molecule has 144 valence electrons. The van der Waals surface area contributed by atoms with Gasteiger partial charge in [0.2, 0.25) is 0 Å². The van der Waals surface area contributed by atoms with Crippen molar-refractivity contribution in [1.29, 1.82) is 0 Å². The van der Waals surface area contributed by atoms with Crippen molar-refractivity contribution in [2.45, 2.75) is 113 Å². The summed E-state index contributed by atoms with van der Waals surface area (Å²) in [6.07, 6.45) is 8.03. The lowest BCUT2D eigenvalue weighted by molar-refractivity contribution is 0.00408. The van der Waals surface area contributed by atoms with Gasteiger partial charge in [-0.05, 0) is 74.8 Å². The van der Waals surface area contributed by atoms with Crippen molar-refractivity contribution in [2.75, 3.05) is 13.1 Å². The van der Waals surface area contributed by atoms with Gasteiger partial charge < -0.3 is 0 Å². The zero-order valence-electron chi connectivity index (χ0n) is 18.7. The van der Waals surface area contributed by atoms with Gasteiger partial charge in [-0.25, -0.2) is 0 Å². The Morgan fingerprint density at radius 2 is 1.21 bits per heavy atom. The molecule has 1 heteroatoms. The molecule has 0 saturated carbocycles. The largest absolute Gasteiger partial charge is 0.298 e. The molecule has 0 spiro atoms. The summed E-state index contributed by atoms with van der Waals surface area (Å²) in [6, 6.07) is 0. The van der Waals surface area contributed by atoms with Gasteiger partial charge in [0.25, 0.3) is 0 Å². The predicted octanol–water partition coefficient (Wildman–Crippen LogP) is 7.16. The monoisotopic (exact) mass is 337 g/mol. The van der Waals surface area contributed by atoms with Gasteiger partial charge in [0.1, 0.15) is 0 Å². The second-order valence-corrected chi connectivity index (χ2v) is 11.5. The molecule has 0 bridgehead atoms. The third-order valence-electron chi connectivity index (χ3n) is 7.01. The van der Waals surface area contributed by atoms with Crippen LogP contribution in [-0.2, 0) is 0 Å². The average molecular weight is 338 g/mol. The van der Waals surface area contributed by atoms with Crippen LogP contribution in [0, 0.1) is 22.2 Å². The smallest absolute Gasteiger partial charge is 0.0158 e. The van der Waals surface area contributed by atoms with Crippen molar-refractivity contribution in [3.8, 4) is 0 Å². The van der Waals surface area contributed by atoms with Crippen LogP contribution in [0.3, 0.4) is 0 Å².